The second-order valence-corrected chi connectivity index (χ2v) is 15.2. The van der Waals surface area contributed by atoms with Gasteiger partial charge < -0.3 is 9.84 Å². The Morgan fingerprint density at radius 3 is 2.38 bits per heavy atom. The van der Waals surface area contributed by atoms with Crippen molar-refractivity contribution in [1.29, 1.82) is 0 Å². The molecule has 0 radical (unpaired) electrons. The second-order valence-electron chi connectivity index (χ2n) is 15.2. The van der Waals surface area contributed by atoms with Gasteiger partial charge in [0.2, 0.25) is 0 Å². The van der Waals surface area contributed by atoms with Gasteiger partial charge in [0.15, 0.2) is 5.78 Å². The van der Waals surface area contributed by atoms with E-state index in [0.717, 1.165) is 51.4 Å². The highest BCUT2D eigenvalue weighted by Gasteiger charge is 2.61. The zero-order chi connectivity index (χ0) is 29.0. The SMILES string of the molecule is CC(C)C(O)CC[C@@H](C)[C@H]1CC(=O)C2=C3CC[C@H]4C(C)(C)[C@@H](OC(=O)c5ccccc5)CC[C@]4(C)[C@H]3CC[C@@]21C. The summed E-state index contributed by atoms with van der Waals surface area (Å²) in [4.78, 5) is 26.8. The number of hydrogen-bond donors (Lipinski definition) is 1. The molecule has 8 atom stereocenters. The summed E-state index contributed by atoms with van der Waals surface area (Å²) in [6, 6.07) is 9.36. The fourth-order valence-corrected chi connectivity index (χ4v) is 9.97. The molecule has 3 saturated carbocycles. The lowest BCUT2D eigenvalue weighted by molar-refractivity contribution is -0.133. The fraction of sp³-hybridized carbons (Fsp3) is 0.722. The van der Waals surface area contributed by atoms with Gasteiger partial charge >= 0.3 is 5.97 Å². The number of carbonyl (C=O) groups is 2. The lowest BCUT2D eigenvalue weighted by Gasteiger charge is -2.61. The van der Waals surface area contributed by atoms with Gasteiger partial charge in [-0.2, -0.15) is 0 Å². The Balaban J connectivity index is 1.37. The van der Waals surface area contributed by atoms with Gasteiger partial charge in [0.25, 0.3) is 0 Å². The quantitative estimate of drug-likeness (QED) is 0.349. The third kappa shape index (κ3) is 4.80. The minimum atomic E-state index is -0.262. The first-order valence-electron chi connectivity index (χ1n) is 16.0. The maximum absolute atomic E-state index is 13.8. The molecule has 4 aliphatic rings. The molecule has 3 fully saturated rings. The molecule has 0 amide bonds. The third-order valence-electron chi connectivity index (χ3n) is 12.4. The molecule has 5 rings (SSSR count). The van der Waals surface area contributed by atoms with Crippen LogP contribution in [0.15, 0.2) is 41.5 Å². The van der Waals surface area contributed by atoms with Crippen LogP contribution in [0.1, 0.15) is 117 Å². The molecule has 40 heavy (non-hydrogen) atoms. The number of aliphatic hydroxyl groups excluding tert-OH is 1. The highest BCUT2D eigenvalue weighted by atomic mass is 16.5. The van der Waals surface area contributed by atoms with Gasteiger partial charge in [0, 0.05) is 17.4 Å². The molecule has 4 nitrogen and oxygen atoms in total. The van der Waals surface area contributed by atoms with Crippen molar-refractivity contribution in [3.8, 4) is 0 Å². The molecule has 1 aromatic carbocycles. The molecule has 0 spiro atoms. The van der Waals surface area contributed by atoms with E-state index in [1.807, 2.05) is 30.3 Å². The Labute approximate surface area is 242 Å². The predicted molar refractivity (Wildman–Crippen MR) is 160 cm³/mol. The number of esters is 1. The first-order chi connectivity index (χ1) is 18.8. The van der Waals surface area contributed by atoms with Crippen LogP contribution < -0.4 is 0 Å². The number of allylic oxidation sites excluding steroid dienone is 2. The molecule has 1 unspecified atom stereocenters. The van der Waals surface area contributed by atoms with E-state index in [-0.39, 0.29) is 40.3 Å². The molecule has 0 saturated heterocycles. The lowest BCUT2D eigenvalue weighted by atomic mass is 9.44. The first kappa shape index (κ1) is 29.5. The molecular weight excluding hydrogens is 496 g/mol. The average molecular weight is 549 g/mol. The topological polar surface area (TPSA) is 63.6 Å². The van der Waals surface area contributed by atoms with Gasteiger partial charge in [-0.15, -0.1) is 0 Å². The number of carbonyl (C=O) groups excluding carboxylic acids is 2. The number of benzene rings is 1. The van der Waals surface area contributed by atoms with E-state index < -0.39 is 0 Å². The molecule has 4 heteroatoms. The average Bonchev–Trinajstić information content (AvgIpc) is 3.19. The van der Waals surface area contributed by atoms with Crippen molar-refractivity contribution in [1.82, 2.24) is 0 Å². The van der Waals surface area contributed by atoms with Crippen LogP contribution in [0.3, 0.4) is 0 Å². The fourth-order valence-electron chi connectivity index (χ4n) is 9.97. The Kier molecular flexibility index (Phi) is 7.92. The van der Waals surface area contributed by atoms with Crippen molar-refractivity contribution < 1.29 is 19.4 Å². The summed E-state index contributed by atoms with van der Waals surface area (Å²) in [5.74, 6) is 2.15. The Morgan fingerprint density at radius 2 is 1.70 bits per heavy atom. The lowest BCUT2D eigenvalue weighted by Crippen LogP contribution is -2.57. The van der Waals surface area contributed by atoms with Crippen molar-refractivity contribution >= 4 is 11.8 Å². The van der Waals surface area contributed by atoms with Crippen LogP contribution in [0.5, 0.6) is 0 Å². The number of ketones is 1. The monoisotopic (exact) mass is 548 g/mol. The van der Waals surface area contributed by atoms with Crippen molar-refractivity contribution in [3.05, 3.63) is 47.0 Å². The number of aliphatic hydroxyl groups is 1. The smallest absolute Gasteiger partial charge is 0.338 e. The summed E-state index contributed by atoms with van der Waals surface area (Å²) in [7, 11) is 0. The van der Waals surface area contributed by atoms with E-state index in [9.17, 15) is 14.7 Å². The second kappa shape index (κ2) is 10.7. The molecular formula is C36H52O4. The number of rotatable bonds is 7. The first-order valence-corrected chi connectivity index (χ1v) is 16.0. The van der Waals surface area contributed by atoms with Crippen molar-refractivity contribution in [2.24, 2.45) is 45.8 Å². The van der Waals surface area contributed by atoms with Gasteiger partial charge in [0.05, 0.1) is 11.7 Å². The van der Waals surface area contributed by atoms with Gasteiger partial charge in [-0.05, 0) is 104 Å². The van der Waals surface area contributed by atoms with E-state index in [4.69, 9.17) is 4.74 Å². The third-order valence-corrected chi connectivity index (χ3v) is 12.4. The van der Waals surface area contributed by atoms with E-state index in [1.165, 1.54) is 11.1 Å². The molecule has 0 heterocycles. The van der Waals surface area contributed by atoms with Crippen LogP contribution in [0, 0.1) is 45.8 Å². The molecule has 4 aliphatic carbocycles. The summed E-state index contributed by atoms with van der Waals surface area (Å²) < 4.78 is 6.20. The number of fused-ring (bicyclic) bond motifs is 4. The Hall–Kier alpha value is -1.94. The van der Waals surface area contributed by atoms with E-state index in [2.05, 4.69) is 48.5 Å². The maximum atomic E-state index is 13.8. The minimum Gasteiger partial charge on any atom is -0.458 e. The summed E-state index contributed by atoms with van der Waals surface area (Å²) in [6.07, 6.45) is 8.31. The maximum Gasteiger partial charge on any atom is 0.338 e. The summed E-state index contributed by atoms with van der Waals surface area (Å²) in [5.41, 5.74) is 3.25. The van der Waals surface area contributed by atoms with Gasteiger partial charge in [-0.25, -0.2) is 4.79 Å². The van der Waals surface area contributed by atoms with Crippen LogP contribution in [-0.4, -0.2) is 29.1 Å². The highest BCUT2D eigenvalue weighted by Crippen LogP contribution is 2.68. The van der Waals surface area contributed by atoms with Crippen molar-refractivity contribution in [3.63, 3.8) is 0 Å². The Bertz CT molecular complexity index is 1150. The normalized spacial score (nSPS) is 36.5. The summed E-state index contributed by atoms with van der Waals surface area (Å²) in [6.45, 7) is 16.0. The van der Waals surface area contributed by atoms with Crippen LogP contribution in [0.25, 0.3) is 0 Å². The summed E-state index contributed by atoms with van der Waals surface area (Å²) in [5, 5.41) is 10.4. The molecule has 0 bridgehead atoms. The standard InChI is InChI=1S/C36H52O4/c1-22(2)28(37)15-13-23(3)27-21-29(38)32-25-14-16-30-34(4,5)31(40-33(39)24-11-9-8-10-12-24)18-20-35(30,6)26(25)17-19-36(27,32)7/h8-12,22-23,26-28,30-31,37H,13-21H2,1-7H3/t23-,26+,27-,28?,30+,31+,35-,36-/m1/s1. The zero-order valence-electron chi connectivity index (χ0n) is 26.0. The van der Waals surface area contributed by atoms with E-state index in [0.29, 0.717) is 41.4 Å². The molecule has 1 N–H and O–H groups in total. The van der Waals surface area contributed by atoms with Crippen molar-refractivity contribution in [2.45, 2.75) is 118 Å². The van der Waals surface area contributed by atoms with Crippen LogP contribution in [-0.2, 0) is 9.53 Å². The molecule has 0 aromatic heterocycles. The van der Waals surface area contributed by atoms with Gasteiger partial charge in [-0.1, -0.05) is 72.2 Å². The number of hydrogen-bond acceptors (Lipinski definition) is 4. The molecule has 1 aromatic rings. The van der Waals surface area contributed by atoms with E-state index in [1.54, 1.807) is 0 Å². The van der Waals surface area contributed by atoms with E-state index >= 15 is 0 Å². The Morgan fingerprint density at radius 1 is 1.00 bits per heavy atom. The van der Waals surface area contributed by atoms with Crippen LogP contribution >= 0.6 is 0 Å². The zero-order valence-corrected chi connectivity index (χ0v) is 26.0. The van der Waals surface area contributed by atoms with Crippen molar-refractivity contribution in [2.75, 3.05) is 0 Å². The highest BCUT2D eigenvalue weighted by molar-refractivity contribution is 6.00. The molecule has 220 valence electrons. The van der Waals surface area contributed by atoms with Gasteiger partial charge in [0.1, 0.15) is 6.10 Å². The van der Waals surface area contributed by atoms with Gasteiger partial charge in [-0.3, -0.25) is 4.79 Å². The summed E-state index contributed by atoms with van der Waals surface area (Å²) >= 11 is 0. The number of ether oxygens (including phenoxy) is 1. The van der Waals surface area contributed by atoms with Crippen LogP contribution in [0.2, 0.25) is 0 Å². The van der Waals surface area contributed by atoms with Crippen LogP contribution in [0.4, 0.5) is 0 Å². The minimum absolute atomic E-state index is 0.0355. The number of Topliss-reactive ketones (excluding diaryl/α,β-unsaturated/α-hetero) is 1. The predicted octanol–water partition coefficient (Wildman–Crippen LogP) is 8.18. The largest absolute Gasteiger partial charge is 0.458 e. The molecule has 0 aliphatic heterocycles.